The first kappa shape index (κ1) is 16.6. The third kappa shape index (κ3) is 2.81. The van der Waals surface area contributed by atoms with Crippen LogP contribution in [0.15, 0.2) is 40.9 Å². The molecule has 0 saturated heterocycles. The minimum absolute atomic E-state index is 0.0707. The van der Waals surface area contributed by atoms with Crippen LogP contribution in [0, 0.1) is 12.7 Å². The first-order valence-corrected chi connectivity index (χ1v) is 8.78. The molecule has 1 aromatic heterocycles. The summed E-state index contributed by atoms with van der Waals surface area (Å²) in [5.74, 6) is 0.769. The fourth-order valence-electron chi connectivity index (χ4n) is 3.52. The standard InChI is InChI=1S/C20H21FN4O/c1-12-11-14(8-9-16(12)21)19-23-20(26-24-19)13(2)25-10-4-5-15-17(22)6-3-7-18(15)25/h3,6-9,11,13H,4-5,10,22H2,1-2H3. The van der Waals surface area contributed by atoms with Gasteiger partial charge in [-0.25, -0.2) is 4.39 Å². The lowest BCUT2D eigenvalue weighted by molar-refractivity contribution is 0.353. The molecule has 0 bridgehead atoms. The van der Waals surface area contributed by atoms with E-state index in [2.05, 4.69) is 21.1 Å². The zero-order chi connectivity index (χ0) is 18.3. The number of aryl methyl sites for hydroxylation is 1. The van der Waals surface area contributed by atoms with E-state index in [0.717, 1.165) is 36.3 Å². The number of aromatic nitrogens is 2. The summed E-state index contributed by atoms with van der Waals surface area (Å²) < 4.78 is 19.0. The van der Waals surface area contributed by atoms with Crippen LogP contribution in [-0.2, 0) is 6.42 Å². The van der Waals surface area contributed by atoms with Crippen LogP contribution in [0.3, 0.4) is 0 Å². The average molecular weight is 352 g/mol. The largest absolute Gasteiger partial charge is 0.398 e. The van der Waals surface area contributed by atoms with Crippen molar-refractivity contribution >= 4 is 11.4 Å². The molecule has 2 aromatic carbocycles. The third-order valence-electron chi connectivity index (χ3n) is 5.01. The number of halogens is 1. The number of nitrogens with zero attached hydrogens (tertiary/aromatic N) is 3. The predicted octanol–water partition coefficient (Wildman–Crippen LogP) is 4.28. The number of benzene rings is 2. The Balaban J connectivity index is 1.64. The highest BCUT2D eigenvalue weighted by Gasteiger charge is 2.27. The molecule has 26 heavy (non-hydrogen) atoms. The van der Waals surface area contributed by atoms with Crippen LogP contribution in [-0.4, -0.2) is 16.7 Å². The molecule has 1 aliphatic heterocycles. The Bertz CT molecular complexity index is 953. The van der Waals surface area contributed by atoms with Gasteiger partial charge >= 0.3 is 0 Å². The van der Waals surface area contributed by atoms with E-state index in [4.69, 9.17) is 10.3 Å². The van der Waals surface area contributed by atoms with Crippen LogP contribution in [0.25, 0.3) is 11.4 Å². The van der Waals surface area contributed by atoms with Crippen molar-refractivity contribution in [2.45, 2.75) is 32.7 Å². The second-order valence-electron chi connectivity index (χ2n) is 6.74. The van der Waals surface area contributed by atoms with E-state index in [-0.39, 0.29) is 11.9 Å². The minimum Gasteiger partial charge on any atom is -0.398 e. The van der Waals surface area contributed by atoms with E-state index in [1.807, 2.05) is 19.1 Å². The third-order valence-corrected chi connectivity index (χ3v) is 5.01. The Kier molecular flexibility index (Phi) is 4.11. The molecule has 1 aliphatic rings. The maximum atomic E-state index is 13.5. The van der Waals surface area contributed by atoms with Gasteiger partial charge in [-0.3, -0.25) is 0 Å². The van der Waals surface area contributed by atoms with Gasteiger partial charge in [0.15, 0.2) is 0 Å². The van der Waals surface area contributed by atoms with Gasteiger partial charge in [0, 0.05) is 23.5 Å². The first-order valence-electron chi connectivity index (χ1n) is 8.78. The van der Waals surface area contributed by atoms with Crippen LogP contribution in [0.5, 0.6) is 0 Å². The van der Waals surface area contributed by atoms with Crippen molar-refractivity contribution in [1.82, 2.24) is 10.1 Å². The SMILES string of the molecule is Cc1cc(-c2noc(C(C)N3CCCc4c(N)cccc43)n2)ccc1F. The zero-order valence-corrected chi connectivity index (χ0v) is 14.9. The van der Waals surface area contributed by atoms with Crippen molar-refractivity contribution in [2.75, 3.05) is 17.2 Å². The summed E-state index contributed by atoms with van der Waals surface area (Å²) in [5, 5.41) is 4.09. The highest BCUT2D eigenvalue weighted by molar-refractivity contribution is 5.66. The minimum atomic E-state index is -0.242. The molecule has 134 valence electrons. The smallest absolute Gasteiger partial charge is 0.249 e. The molecular weight excluding hydrogens is 331 g/mol. The van der Waals surface area contributed by atoms with E-state index >= 15 is 0 Å². The van der Waals surface area contributed by atoms with Gasteiger partial charge in [-0.1, -0.05) is 11.2 Å². The normalized spacial score (nSPS) is 15.0. The van der Waals surface area contributed by atoms with Crippen molar-refractivity contribution in [3.8, 4) is 11.4 Å². The van der Waals surface area contributed by atoms with Crippen molar-refractivity contribution in [2.24, 2.45) is 0 Å². The fourth-order valence-corrected chi connectivity index (χ4v) is 3.52. The predicted molar refractivity (Wildman–Crippen MR) is 99.4 cm³/mol. The molecule has 0 saturated carbocycles. The summed E-state index contributed by atoms with van der Waals surface area (Å²) in [4.78, 5) is 6.80. The van der Waals surface area contributed by atoms with Gasteiger partial charge in [0.2, 0.25) is 11.7 Å². The fraction of sp³-hybridized carbons (Fsp3) is 0.300. The van der Waals surface area contributed by atoms with Gasteiger partial charge < -0.3 is 15.2 Å². The summed E-state index contributed by atoms with van der Waals surface area (Å²) in [6.45, 7) is 4.67. The van der Waals surface area contributed by atoms with Crippen molar-refractivity contribution in [1.29, 1.82) is 0 Å². The number of hydrogen-bond acceptors (Lipinski definition) is 5. The molecule has 5 nitrogen and oxygen atoms in total. The molecular formula is C20H21FN4O. The van der Waals surface area contributed by atoms with Gasteiger partial charge in [-0.15, -0.1) is 0 Å². The maximum Gasteiger partial charge on any atom is 0.249 e. The van der Waals surface area contributed by atoms with Gasteiger partial charge in [0.1, 0.15) is 11.9 Å². The van der Waals surface area contributed by atoms with Crippen LogP contribution in [0.4, 0.5) is 15.8 Å². The summed E-state index contributed by atoms with van der Waals surface area (Å²) in [7, 11) is 0. The Morgan fingerprint density at radius 2 is 2.12 bits per heavy atom. The number of hydrogen-bond donors (Lipinski definition) is 1. The lowest BCUT2D eigenvalue weighted by atomic mass is 9.98. The molecule has 4 rings (SSSR count). The van der Waals surface area contributed by atoms with Crippen molar-refractivity contribution < 1.29 is 8.91 Å². The van der Waals surface area contributed by atoms with E-state index in [1.54, 1.807) is 19.1 Å². The summed E-state index contributed by atoms with van der Waals surface area (Å²) in [6.07, 6.45) is 2.01. The Labute approximate surface area is 151 Å². The van der Waals surface area contributed by atoms with Crippen molar-refractivity contribution in [3.63, 3.8) is 0 Å². The Morgan fingerprint density at radius 1 is 1.27 bits per heavy atom. The van der Waals surface area contributed by atoms with E-state index in [9.17, 15) is 4.39 Å². The van der Waals surface area contributed by atoms with Crippen LogP contribution in [0.1, 0.15) is 36.4 Å². The second-order valence-corrected chi connectivity index (χ2v) is 6.74. The molecule has 0 radical (unpaired) electrons. The second kappa shape index (κ2) is 6.44. The molecule has 0 aliphatic carbocycles. The number of rotatable bonds is 3. The quantitative estimate of drug-likeness (QED) is 0.713. The molecule has 2 N–H and O–H groups in total. The topological polar surface area (TPSA) is 68.2 Å². The Morgan fingerprint density at radius 3 is 2.92 bits per heavy atom. The monoisotopic (exact) mass is 352 g/mol. The molecule has 0 amide bonds. The first-order chi connectivity index (χ1) is 12.5. The van der Waals surface area contributed by atoms with E-state index in [0.29, 0.717) is 17.3 Å². The van der Waals surface area contributed by atoms with E-state index < -0.39 is 0 Å². The number of anilines is 2. The molecule has 3 aromatic rings. The lowest BCUT2D eigenvalue weighted by Crippen LogP contribution is -2.32. The van der Waals surface area contributed by atoms with Gasteiger partial charge in [0.05, 0.1) is 0 Å². The maximum absolute atomic E-state index is 13.5. The summed E-state index contributed by atoms with van der Waals surface area (Å²) in [5.41, 5.74) is 10.6. The van der Waals surface area contributed by atoms with Gasteiger partial charge in [-0.05, 0) is 68.1 Å². The summed E-state index contributed by atoms with van der Waals surface area (Å²) >= 11 is 0. The summed E-state index contributed by atoms with van der Waals surface area (Å²) in [6, 6.07) is 10.7. The molecule has 2 heterocycles. The van der Waals surface area contributed by atoms with Crippen LogP contribution < -0.4 is 10.6 Å². The molecule has 1 unspecified atom stereocenters. The molecule has 6 heteroatoms. The number of fused-ring (bicyclic) bond motifs is 1. The zero-order valence-electron chi connectivity index (χ0n) is 14.9. The number of nitrogen functional groups attached to an aromatic ring is 1. The average Bonchev–Trinajstić information content (AvgIpc) is 3.13. The van der Waals surface area contributed by atoms with Crippen LogP contribution >= 0.6 is 0 Å². The molecule has 0 fully saturated rings. The van der Waals surface area contributed by atoms with Gasteiger partial charge in [0.25, 0.3) is 0 Å². The van der Waals surface area contributed by atoms with Crippen molar-refractivity contribution in [3.05, 3.63) is 59.2 Å². The lowest BCUT2D eigenvalue weighted by Gasteiger charge is -2.35. The molecule has 1 atom stereocenters. The highest BCUT2D eigenvalue weighted by Crippen LogP contribution is 2.36. The van der Waals surface area contributed by atoms with Gasteiger partial charge in [-0.2, -0.15) is 4.98 Å². The Hall–Kier alpha value is -2.89. The van der Waals surface area contributed by atoms with Crippen LogP contribution in [0.2, 0.25) is 0 Å². The number of nitrogens with two attached hydrogens (primary N) is 1. The molecule has 0 spiro atoms. The highest BCUT2D eigenvalue weighted by atomic mass is 19.1. The van der Waals surface area contributed by atoms with E-state index in [1.165, 1.54) is 11.6 Å².